The summed E-state index contributed by atoms with van der Waals surface area (Å²) in [5, 5.41) is 5.55. The predicted octanol–water partition coefficient (Wildman–Crippen LogP) is 3.59. The molecule has 0 unspecified atom stereocenters. The van der Waals surface area contributed by atoms with Gasteiger partial charge in [-0.05, 0) is 50.6 Å². The molecule has 128 valence electrons. The SMILES string of the molecule is CCOc1ccc(NC(=O)NCc2ccc(OC(C)C)nc2)cc1. The van der Waals surface area contributed by atoms with E-state index >= 15 is 0 Å². The highest BCUT2D eigenvalue weighted by Crippen LogP contribution is 2.15. The van der Waals surface area contributed by atoms with Crippen molar-refractivity contribution in [3.8, 4) is 11.6 Å². The van der Waals surface area contributed by atoms with Gasteiger partial charge in [0.05, 0.1) is 12.7 Å². The van der Waals surface area contributed by atoms with Crippen LogP contribution in [0.2, 0.25) is 0 Å². The molecule has 0 aliphatic rings. The first-order valence-corrected chi connectivity index (χ1v) is 7.96. The topological polar surface area (TPSA) is 72.5 Å². The van der Waals surface area contributed by atoms with Crippen LogP contribution in [0.25, 0.3) is 0 Å². The highest BCUT2D eigenvalue weighted by Gasteiger charge is 2.04. The van der Waals surface area contributed by atoms with Crippen molar-refractivity contribution < 1.29 is 14.3 Å². The third kappa shape index (κ3) is 5.79. The molecular weight excluding hydrogens is 306 g/mol. The minimum Gasteiger partial charge on any atom is -0.494 e. The summed E-state index contributed by atoms with van der Waals surface area (Å²) in [6.07, 6.45) is 1.77. The lowest BCUT2D eigenvalue weighted by Gasteiger charge is -2.10. The molecule has 2 N–H and O–H groups in total. The molecule has 0 aliphatic heterocycles. The van der Waals surface area contributed by atoms with Crippen LogP contribution in [0.4, 0.5) is 10.5 Å². The van der Waals surface area contributed by atoms with Gasteiger partial charge in [-0.2, -0.15) is 0 Å². The molecule has 2 aromatic rings. The molecule has 2 rings (SSSR count). The lowest BCUT2D eigenvalue weighted by atomic mass is 10.3. The number of amides is 2. The molecule has 0 radical (unpaired) electrons. The summed E-state index contributed by atoms with van der Waals surface area (Å²) in [5.41, 5.74) is 1.60. The van der Waals surface area contributed by atoms with Crippen molar-refractivity contribution in [2.24, 2.45) is 0 Å². The second kappa shape index (κ2) is 8.76. The van der Waals surface area contributed by atoms with Crippen LogP contribution >= 0.6 is 0 Å². The molecule has 0 atom stereocenters. The third-order valence-corrected chi connectivity index (χ3v) is 3.03. The number of ether oxygens (including phenoxy) is 2. The summed E-state index contributed by atoms with van der Waals surface area (Å²) in [6.45, 7) is 6.82. The Morgan fingerprint density at radius 3 is 2.50 bits per heavy atom. The zero-order chi connectivity index (χ0) is 17.4. The average molecular weight is 329 g/mol. The number of nitrogens with zero attached hydrogens (tertiary/aromatic N) is 1. The molecule has 0 saturated carbocycles. The third-order valence-electron chi connectivity index (χ3n) is 3.03. The molecule has 2 amide bonds. The van der Waals surface area contributed by atoms with Gasteiger partial charge >= 0.3 is 6.03 Å². The fourth-order valence-electron chi connectivity index (χ4n) is 1.99. The Hall–Kier alpha value is -2.76. The van der Waals surface area contributed by atoms with E-state index in [1.54, 1.807) is 24.4 Å². The van der Waals surface area contributed by atoms with Crippen molar-refractivity contribution in [1.29, 1.82) is 0 Å². The minimum atomic E-state index is -0.276. The average Bonchev–Trinajstić information content (AvgIpc) is 2.56. The summed E-state index contributed by atoms with van der Waals surface area (Å²) < 4.78 is 10.8. The van der Waals surface area contributed by atoms with Gasteiger partial charge in [0, 0.05) is 24.5 Å². The first-order chi connectivity index (χ1) is 11.6. The smallest absolute Gasteiger partial charge is 0.319 e. The molecule has 1 aromatic carbocycles. The molecule has 0 aliphatic carbocycles. The Morgan fingerprint density at radius 1 is 1.17 bits per heavy atom. The quantitative estimate of drug-likeness (QED) is 0.814. The van der Waals surface area contributed by atoms with E-state index in [-0.39, 0.29) is 12.1 Å². The van der Waals surface area contributed by atoms with Crippen LogP contribution in [-0.4, -0.2) is 23.7 Å². The van der Waals surface area contributed by atoms with E-state index in [9.17, 15) is 4.79 Å². The van der Waals surface area contributed by atoms with Crippen molar-refractivity contribution in [1.82, 2.24) is 10.3 Å². The number of carbonyl (C=O) groups is 1. The monoisotopic (exact) mass is 329 g/mol. The van der Waals surface area contributed by atoms with E-state index in [1.165, 1.54) is 0 Å². The number of rotatable bonds is 7. The molecule has 6 nitrogen and oxygen atoms in total. The normalized spacial score (nSPS) is 10.3. The number of aromatic nitrogens is 1. The van der Waals surface area contributed by atoms with Crippen LogP contribution in [0.3, 0.4) is 0 Å². The Balaban J connectivity index is 1.80. The molecule has 0 saturated heterocycles. The number of urea groups is 1. The van der Waals surface area contributed by atoms with Gasteiger partial charge in [-0.15, -0.1) is 0 Å². The molecule has 1 aromatic heterocycles. The molecular formula is C18H23N3O3. The van der Waals surface area contributed by atoms with E-state index in [0.29, 0.717) is 24.7 Å². The molecule has 0 spiro atoms. The van der Waals surface area contributed by atoms with Gasteiger partial charge in [0.25, 0.3) is 0 Å². The first-order valence-electron chi connectivity index (χ1n) is 7.96. The summed E-state index contributed by atoms with van der Waals surface area (Å²) >= 11 is 0. The van der Waals surface area contributed by atoms with Crippen LogP contribution in [0.15, 0.2) is 42.6 Å². The molecule has 0 bridgehead atoms. The van der Waals surface area contributed by atoms with Crippen LogP contribution in [0, 0.1) is 0 Å². The maximum Gasteiger partial charge on any atom is 0.319 e. The largest absolute Gasteiger partial charge is 0.494 e. The van der Waals surface area contributed by atoms with Crippen molar-refractivity contribution in [2.75, 3.05) is 11.9 Å². The number of pyridine rings is 1. The lowest BCUT2D eigenvalue weighted by Crippen LogP contribution is -2.28. The molecule has 1 heterocycles. The van der Waals surface area contributed by atoms with Gasteiger partial charge in [-0.1, -0.05) is 6.07 Å². The maximum atomic E-state index is 11.9. The van der Waals surface area contributed by atoms with Crippen LogP contribution in [0.1, 0.15) is 26.3 Å². The van der Waals surface area contributed by atoms with E-state index in [2.05, 4.69) is 15.6 Å². The second-order valence-electron chi connectivity index (χ2n) is 5.44. The van der Waals surface area contributed by atoms with Gasteiger partial charge in [-0.3, -0.25) is 0 Å². The Labute approximate surface area is 142 Å². The molecule has 6 heteroatoms. The summed E-state index contributed by atoms with van der Waals surface area (Å²) in [5.74, 6) is 1.35. The fourth-order valence-corrected chi connectivity index (χ4v) is 1.99. The highest BCUT2D eigenvalue weighted by molar-refractivity contribution is 5.89. The molecule has 0 fully saturated rings. The van der Waals surface area contributed by atoms with E-state index in [4.69, 9.17) is 9.47 Å². The van der Waals surface area contributed by atoms with Gasteiger partial charge in [0.1, 0.15) is 5.75 Å². The lowest BCUT2D eigenvalue weighted by molar-refractivity contribution is 0.232. The number of hydrogen-bond acceptors (Lipinski definition) is 4. The Kier molecular flexibility index (Phi) is 6.42. The van der Waals surface area contributed by atoms with Crippen LogP contribution < -0.4 is 20.1 Å². The standard InChI is InChI=1S/C18H23N3O3/c1-4-23-16-8-6-15(7-9-16)21-18(22)20-12-14-5-10-17(19-11-14)24-13(2)3/h5-11,13H,4,12H2,1-3H3,(H2,20,21,22). The van der Waals surface area contributed by atoms with E-state index in [0.717, 1.165) is 11.3 Å². The number of anilines is 1. The van der Waals surface area contributed by atoms with Gasteiger partial charge in [0.2, 0.25) is 5.88 Å². The number of benzene rings is 1. The van der Waals surface area contributed by atoms with E-state index in [1.807, 2.05) is 39.0 Å². The Bertz CT molecular complexity index is 640. The van der Waals surface area contributed by atoms with Crippen molar-refractivity contribution in [2.45, 2.75) is 33.4 Å². The fraction of sp³-hybridized carbons (Fsp3) is 0.333. The maximum absolute atomic E-state index is 11.9. The Morgan fingerprint density at radius 2 is 1.92 bits per heavy atom. The van der Waals surface area contributed by atoms with Crippen molar-refractivity contribution in [3.05, 3.63) is 48.2 Å². The first kappa shape index (κ1) is 17.6. The zero-order valence-corrected chi connectivity index (χ0v) is 14.2. The van der Waals surface area contributed by atoms with Crippen molar-refractivity contribution in [3.63, 3.8) is 0 Å². The highest BCUT2D eigenvalue weighted by atomic mass is 16.5. The number of carbonyl (C=O) groups excluding carboxylic acids is 1. The van der Waals surface area contributed by atoms with Gasteiger partial charge in [0.15, 0.2) is 0 Å². The number of hydrogen-bond donors (Lipinski definition) is 2. The summed E-state index contributed by atoms with van der Waals surface area (Å²) in [7, 11) is 0. The van der Waals surface area contributed by atoms with Crippen LogP contribution in [-0.2, 0) is 6.54 Å². The van der Waals surface area contributed by atoms with E-state index < -0.39 is 0 Å². The number of nitrogens with one attached hydrogen (secondary N) is 2. The van der Waals surface area contributed by atoms with Crippen molar-refractivity contribution >= 4 is 11.7 Å². The molecule has 24 heavy (non-hydrogen) atoms. The summed E-state index contributed by atoms with van der Waals surface area (Å²) in [4.78, 5) is 16.1. The second-order valence-corrected chi connectivity index (χ2v) is 5.44. The minimum absolute atomic E-state index is 0.0846. The zero-order valence-electron chi connectivity index (χ0n) is 14.2. The van der Waals surface area contributed by atoms with Gasteiger partial charge in [-0.25, -0.2) is 9.78 Å². The summed E-state index contributed by atoms with van der Waals surface area (Å²) in [6, 6.07) is 10.6. The predicted molar refractivity (Wildman–Crippen MR) is 93.5 cm³/mol. The van der Waals surface area contributed by atoms with Crippen LogP contribution in [0.5, 0.6) is 11.6 Å². The van der Waals surface area contributed by atoms with Gasteiger partial charge < -0.3 is 20.1 Å².